The first-order chi connectivity index (χ1) is 6.91. The van der Waals surface area contributed by atoms with E-state index in [0.717, 1.165) is 6.08 Å². The molecule has 0 bridgehead atoms. The molecular formula is C11H11FO3. The minimum atomic E-state index is -1.60. The molecule has 0 radical (unpaired) electrons. The van der Waals surface area contributed by atoms with Gasteiger partial charge in [-0.25, -0.2) is 4.79 Å². The molecule has 0 fully saturated rings. The molecule has 0 saturated carbocycles. The van der Waals surface area contributed by atoms with Crippen LogP contribution in [0.2, 0.25) is 0 Å². The van der Waals surface area contributed by atoms with Crippen LogP contribution < -0.4 is 0 Å². The van der Waals surface area contributed by atoms with E-state index in [1.165, 1.54) is 12.1 Å². The Labute approximate surface area is 86.5 Å². The first-order valence-corrected chi connectivity index (χ1v) is 4.32. The number of carbonyl (C=O) groups is 1. The highest BCUT2D eigenvalue weighted by molar-refractivity contribution is 5.89. The van der Waals surface area contributed by atoms with Crippen molar-refractivity contribution in [3.8, 4) is 5.75 Å². The summed E-state index contributed by atoms with van der Waals surface area (Å²) in [6, 6.07) is 3.04. The van der Waals surface area contributed by atoms with E-state index in [1.807, 2.05) is 0 Å². The number of carboxylic acid groups (broad SMARTS) is 1. The summed E-state index contributed by atoms with van der Waals surface area (Å²) in [5.41, 5.74) is 1.58. The van der Waals surface area contributed by atoms with E-state index in [9.17, 15) is 14.3 Å². The molecule has 1 rings (SSSR count). The van der Waals surface area contributed by atoms with Gasteiger partial charge in [-0.1, -0.05) is 0 Å². The molecule has 0 saturated heterocycles. The third kappa shape index (κ3) is 2.56. The molecule has 0 aromatic heterocycles. The fourth-order valence-electron chi connectivity index (χ4n) is 1.28. The Morgan fingerprint density at radius 2 is 1.80 bits per heavy atom. The normalized spacial score (nSPS) is 11.5. The van der Waals surface area contributed by atoms with Crippen LogP contribution in [-0.2, 0) is 4.79 Å². The predicted molar refractivity (Wildman–Crippen MR) is 54.3 cm³/mol. The Bertz CT molecular complexity index is 412. The minimum absolute atomic E-state index is 0.142. The van der Waals surface area contributed by atoms with Crippen molar-refractivity contribution in [2.45, 2.75) is 13.8 Å². The van der Waals surface area contributed by atoms with Crippen LogP contribution >= 0.6 is 0 Å². The molecular weight excluding hydrogens is 199 g/mol. The van der Waals surface area contributed by atoms with E-state index < -0.39 is 11.8 Å². The van der Waals surface area contributed by atoms with Crippen LogP contribution in [0.5, 0.6) is 5.75 Å². The maximum atomic E-state index is 12.8. The monoisotopic (exact) mass is 210 g/mol. The second-order valence-corrected chi connectivity index (χ2v) is 3.30. The summed E-state index contributed by atoms with van der Waals surface area (Å²) in [5, 5.41) is 17.8. The highest BCUT2D eigenvalue weighted by Crippen LogP contribution is 2.24. The van der Waals surface area contributed by atoms with Crippen molar-refractivity contribution in [1.29, 1.82) is 0 Å². The summed E-state index contributed by atoms with van der Waals surface area (Å²) in [6.45, 7) is 3.33. The molecule has 15 heavy (non-hydrogen) atoms. The van der Waals surface area contributed by atoms with Gasteiger partial charge in [-0.15, -0.1) is 0 Å². The van der Waals surface area contributed by atoms with Crippen molar-refractivity contribution < 1.29 is 19.4 Å². The second kappa shape index (κ2) is 4.13. The number of benzene rings is 1. The van der Waals surface area contributed by atoms with E-state index in [4.69, 9.17) is 5.11 Å². The fraction of sp³-hybridized carbons (Fsp3) is 0.182. The third-order valence-electron chi connectivity index (χ3n) is 2.01. The second-order valence-electron chi connectivity index (χ2n) is 3.30. The van der Waals surface area contributed by atoms with Crippen LogP contribution in [0.1, 0.15) is 16.7 Å². The molecule has 2 N–H and O–H groups in total. The largest absolute Gasteiger partial charge is 0.507 e. The number of phenolic OH excluding ortho intramolecular Hbond substituents is 1. The van der Waals surface area contributed by atoms with Gasteiger partial charge in [0.15, 0.2) is 0 Å². The molecule has 1 aromatic rings. The third-order valence-corrected chi connectivity index (χ3v) is 2.01. The molecule has 80 valence electrons. The van der Waals surface area contributed by atoms with Gasteiger partial charge in [0.1, 0.15) is 5.75 Å². The highest BCUT2D eigenvalue weighted by atomic mass is 19.1. The maximum absolute atomic E-state index is 12.8. The molecule has 0 aliphatic carbocycles. The van der Waals surface area contributed by atoms with E-state index in [1.54, 1.807) is 13.8 Å². The zero-order valence-electron chi connectivity index (χ0n) is 8.41. The number of hydrogen-bond acceptors (Lipinski definition) is 2. The lowest BCUT2D eigenvalue weighted by molar-refractivity contribution is -0.134. The minimum Gasteiger partial charge on any atom is -0.507 e. The van der Waals surface area contributed by atoms with E-state index in [2.05, 4.69) is 0 Å². The topological polar surface area (TPSA) is 57.5 Å². The molecule has 0 aliphatic rings. The summed E-state index contributed by atoms with van der Waals surface area (Å²) < 4.78 is 12.8. The van der Waals surface area contributed by atoms with E-state index in [0.29, 0.717) is 16.7 Å². The van der Waals surface area contributed by atoms with Gasteiger partial charge in [0, 0.05) is 0 Å². The van der Waals surface area contributed by atoms with Crippen molar-refractivity contribution in [3.63, 3.8) is 0 Å². The average molecular weight is 210 g/mol. The number of phenols is 1. The molecule has 3 nitrogen and oxygen atoms in total. The lowest BCUT2D eigenvalue weighted by Crippen LogP contribution is -1.94. The van der Waals surface area contributed by atoms with Gasteiger partial charge < -0.3 is 10.2 Å². The van der Waals surface area contributed by atoms with Crippen molar-refractivity contribution in [2.24, 2.45) is 0 Å². The average Bonchev–Trinajstić information content (AvgIpc) is 2.13. The van der Waals surface area contributed by atoms with Gasteiger partial charge in [0.25, 0.3) is 0 Å². The summed E-state index contributed by atoms with van der Waals surface area (Å²) in [6.07, 6.45) is 0.918. The Hall–Kier alpha value is -1.84. The van der Waals surface area contributed by atoms with Crippen LogP contribution in [0.3, 0.4) is 0 Å². The van der Waals surface area contributed by atoms with E-state index >= 15 is 0 Å². The number of rotatable bonds is 2. The van der Waals surface area contributed by atoms with Crippen LogP contribution in [0.4, 0.5) is 4.39 Å². The fourth-order valence-corrected chi connectivity index (χ4v) is 1.28. The van der Waals surface area contributed by atoms with Crippen LogP contribution in [-0.4, -0.2) is 16.2 Å². The molecule has 0 atom stereocenters. The quantitative estimate of drug-likeness (QED) is 0.737. The number of halogens is 1. The maximum Gasteiger partial charge on any atom is 0.364 e. The molecule has 4 heteroatoms. The Morgan fingerprint density at radius 3 is 2.20 bits per heavy atom. The predicted octanol–water partition coefficient (Wildman–Crippen LogP) is 2.40. The van der Waals surface area contributed by atoms with Gasteiger partial charge in [0.2, 0.25) is 5.83 Å². The lowest BCUT2D eigenvalue weighted by atomic mass is 10.1. The van der Waals surface area contributed by atoms with Gasteiger partial charge in [-0.05, 0) is 48.7 Å². The number of aryl methyl sites for hydroxylation is 2. The van der Waals surface area contributed by atoms with Crippen LogP contribution in [0.15, 0.2) is 18.0 Å². The molecule has 1 aromatic carbocycles. The van der Waals surface area contributed by atoms with Crippen LogP contribution in [0, 0.1) is 13.8 Å². The summed E-state index contributed by atoms with van der Waals surface area (Å²) in [4.78, 5) is 10.2. The number of hydrogen-bond donors (Lipinski definition) is 2. The first kappa shape index (κ1) is 11.2. The standard InChI is InChI=1S/C11H11FO3/c1-6-3-8(4-7(2)10(6)13)5-9(12)11(14)15/h3-5,13H,1-2H3,(H,14,15)/b9-5+. The lowest BCUT2D eigenvalue weighted by Gasteiger charge is -2.04. The van der Waals surface area contributed by atoms with Gasteiger partial charge in [0.05, 0.1) is 0 Å². The zero-order valence-corrected chi connectivity index (χ0v) is 8.41. The Kier molecular flexibility index (Phi) is 3.09. The van der Waals surface area contributed by atoms with Crippen molar-refractivity contribution >= 4 is 12.0 Å². The van der Waals surface area contributed by atoms with Gasteiger partial charge in [-0.2, -0.15) is 4.39 Å². The zero-order chi connectivity index (χ0) is 11.6. The SMILES string of the molecule is Cc1cc(/C=C(/F)C(=O)O)cc(C)c1O. The van der Waals surface area contributed by atoms with Crippen molar-refractivity contribution in [2.75, 3.05) is 0 Å². The summed E-state index contributed by atoms with van der Waals surface area (Å²) in [7, 11) is 0. The molecule has 0 heterocycles. The van der Waals surface area contributed by atoms with Gasteiger partial charge >= 0.3 is 5.97 Å². The smallest absolute Gasteiger partial charge is 0.364 e. The van der Waals surface area contributed by atoms with Crippen LogP contribution in [0.25, 0.3) is 6.08 Å². The molecule has 0 spiro atoms. The van der Waals surface area contributed by atoms with Gasteiger partial charge in [-0.3, -0.25) is 0 Å². The number of aromatic hydroxyl groups is 1. The number of carboxylic acids is 1. The Balaban J connectivity index is 3.18. The van der Waals surface area contributed by atoms with Crippen molar-refractivity contribution in [1.82, 2.24) is 0 Å². The summed E-state index contributed by atoms with van der Waals surface area (Å²) in [5.74, 6) is -2.68. The highest BCUT2D eigenvalue weighted by Gasteiger charge is 2.07. The molecule has 0 amide bonds. The Morgan fingerprint density at radius 1 is 1.33 bits per heavy atom. The molecule has 0 unspecified atom stereocenters. The van der Waals surface area contributed by atoms with Crippen molar-refractivity contribution in [3.05, 3.63) is 34.6 Å². The summed E-state index contributed by atoms with van der Waals surface area (Å²) >= 11 is 0. The molecule has 0 aliphatic heterocycles. The first-order valence-electron chi connectivity index (χ1n) is 4.32. The number of aliphatic carboxylic acids is 1. The van der Waals surface area contributed by atoms with E-state index in [-0.39, 0.29) is 5.75 Å².